The number of fused-ring (bicyclic) bond motifs is 3. The molecule has 190 valence electrons. The average Bonchev–Trinajstić information content (AvgIpc) is 2.76. The predicted molar refractivity (Wildman–Crippen MR) is 126 cm³/mol. The summed E-state index contributed by atoms with van der Waals surface area (Å²) in [4.78, 5) is 24.2. The van der Waals surface area contributed by atoms with Gasteiger partial charge in [-0.2, -0.15) is 14.0 Å². The summed E-state index contributed by atoms with van der Waals surface area (Å²) in [5.74, 6) is -1.32. The number of aromatic nitrogens is 1. The van der Waals surface area contributed by atoms with Crippen LogP contribution in [0.5, 0.6) is 11.5 Å². The molecular formula is C26H27F2N3O5. The molecule has 10 heteroatoms. The first kappa shape index (κ1) is 24.1. The lowest BCUT2D eigenvalue weighted by atomic mass is 9.36. The SMILES string of the molecule is CCC(C)(C)N1Cc2cc(OCC34CC(C#N)(C3)C4)c(OC(F)F)cc2-c2cc(=O)c(C(=O)O)cn21. The minimum atomic E-state index is -3.09. The van der Waals surface area contributed by atoms with Crippen LogP contribution in [0, 0.1) is 22.2 Å². The molecule has 3 aliphatic carbocycles. The molecular weight excluding hydrogens is 472 g/mol. The molecule has 2 aromatic rings. The van der Waals surface area contributed by atoms with E-state index in [-0.39, 0.29) is 27.9 Å². The summed E-state index contributed by atoms with van der Waals surface area (Å²) in [7, 11) is 0. The van der Waals surface area contributed by atoms with Gasteiger partial charge in [-0.1, -0.05) is 6.92 Å². The number of carboxylic acids is 1. The Morgan fingerprint density at radius 2 is 1.94 bits per heavy atom. The predicted octanol–water partition coefficient (Wildman–Crippen LogP) is 4.53. The molecule has 36 heavy (non-hydrogen) atoms. The number of nitrogens with zero attached hydrogens (tertiary/aromatic N) is 3. The van der Waals surface area contributed by atoms with Crippen LogP contribution < -0.4 is 19.9 Å². The number of aromatic carboxylic acids is 1. The largest absolute Gasteiger partial charge is 0.489 e. The highest BCUT2D eigenvalue weighted by atomic mass is 19.3. The number of carbonyl (C=O) groups is 1. The van der Waals surface area contributed by atoms with E-state index in [0.717, 1.165) is 31.2 Å². The first-order valence-electron chi connectivity index (χ1n) is 11.9. The van der Waals surface area contributed by atoms with Crippen molar-refractivity contribution >= 4 is 5.97 Å². The standard InChI is InChI=1S/C26H27F2N3O5/c1-4-24(2,3)31-8-15-5-20(35-14-26-10-25(11-26,12-26)13-29)21(36-23(27)28)6-16(15)18-7-19(32)17(22(33)34)9-30(18)31/h5-7,9,23H,4,8,10-12,14H2,1-3H3,(H,33,34). The maximum atomic E-state index is 13.3. The van der Waals surface area contributed by atoms with E-state index in [1.807, 2.05) is 25.8 Å². The van der Waals surface area contributed by atoms with E-state index in [1.54, 1.807) is 10.7 Å². The van der Waals surface area contributed by atoms with Gasteiger partial charge in [0.05, 0.1) is 35.9 Å². The van der Waals surface area contributed by atoms with Crippen molar-refractivity contribution < 1.29 is 28.2 Å². The lowest BCUT2D eigenvalue weighted by Crippen LogP contribution is -2.63. The Bertz CT molecular complexity index is 1340. The molecule has 1 aromatic heterocycles. The summed E-state index contributed by atoms with van der Waals surface area (Å²) in [5.41, 5.74) is -0.219. The van der Waals surface area contributed by atoms with Crippen molar-refractivity contribution in [3.8, 4) is 28.8 Å². The maximum absolute atomic E-state index is 13.3. The Labute approximate surface area is 206 Å². The number of nitriles is 1. The van der Waals surface area contributed by atoms with Gasteiger partial charge in [0.2, 0.25) is 0 Å². The highest BCUT2D eigenvalue weighted by Gasteiger charge is 2.68. The Kier molecular flexibility index (Phi) is 5.32. The highest BCUT2D eigenvalue weighted by molar-refractivity contribution is 5.88. The zero-order valence-electron chi connectivity index (χ0n) is 20.3. The quantitative estimate of drug-likeness (QED) is 0.569. The summed E-state index contributed by atoms with van der Waals surface area (Å²) in [6, 6.07) is 6.65. The van der Waals surface area contributed by atoms with Gasteiger partial charge in [0, 0.05) is 23.2 Å². The van der Waals surface area contributed by atoms with Gasteiger partial charge in [-0.05, 0) is 57.2 Å². The van der Waals surface area contributed by atoms with E-state index >= 15 is 0 Å². The van der Waals surface area contributed by atoms with E-state index in [2.05, 4.69) is 6.07 Å². The van der Waals surface area contributed by atoms with Gasteiger partial charge in [-0.3, -0.25) is 9.47 Å². The molecule has 0 spiro atoms. The van der Waals surface area contributed by atoms with Crippen molar-refractivity contribution in [2.45, 2.75) is 65.1 Å². The molecule has 3 saturated carbocycles. The fourth-order valence-corrected chi connectivity index (χ4v) is 5.78. The second kappa shape index (κ2) is 7.95. The smallest absolute Gasteiger partial charge is 0.387 e. The van der Waals surface area contributed by atoms with Crippen molar-refractivity contribution in [2.75, 3.05) is 11.6 Å². The number of pyridine rings is 1. The Hall–Kier alpha value is -3.61. The van der Waals surface area contributed by atoms with Crippen molar-refractivity contribution in [1.82, 2.24) is 4.68 Å². The average molecular weight is 500 g/mol. The van der Waals surface area contributed by atoms with Crippen LogP contribution in [0.2, 0.25) is 0 Å². The molecule has 8 nitrogen and oxygen atoms in total. The molecule has 0 unspecified atom stereocenters. The Balaban J connectivity index is 1.58. The molecule has 2 bridgehead atoms. The summed E-state index contributed by atoms with van der Waals surface area (Å²) >= 11 is 0. The molecule has 3 fully saturated rings. The summed E-state index contributed by atoms with van der Waals surface area (Å²) < 4.78 is 39.1. The van der Waals surface area contributed by atoms with Gasteiger partial charge in [0.1, 0.15) is 5.56 Å². The lowest BCUT2D eigenvalue weighted by molar-refractivity contribution is -0.182. The second-order valence-electron chi connectivity index (χ2n) is 10.9. The number of benzene rings is 1. The number of alkyl halides is 2. The molecule has 6 rings (SSSR count). The lowest BCUT2D eigenvalue weighted by Gasteiger charge is -2.66. The van der Waals surface area contributed by atoms with E-state index in [9.17, 15) is 28.7 Å². The number of halogens is 2. The number of ether oxygens (including phenoxy) is 2. The summed E-state index contributed by atoms with van der Waals surface area (Å²) in [6.45, 7) is 3.55. The topological polar surface area (TPSA) is 105 Å². The van der Waals surface area contributed by atoms with Gasteiger partial charge < -0.3 is 19.6 Å². The van der Waals surface area contributed by atoms with Crippen LogP contribution in [0.25, 0.3) is 11.3 Å². The van der Waals surface area contributed by atoms with Crippen LogP contribution in [0.15, 0.2) is 29.2 Å². The zero-order chi connectivity index (χ0) is 26.0. The molecule has 4 aliphatic rings. The normalized spacial score (nSPS) is 23.6. The first-order valence-corrected chi connectivity index (χ1v) is 11.9. The number of carboxylic acid groups (broad SMARTS) is 1. The third-order valence-corrected chi connectivity index (χ3v) is 7.98. The molecule has 0 saturated heterocycles. The van der Waals surface area contributed by atoms with E-state index < -0.39 is 23.5 Å². The minimum absolute atomic E-state index is 0.100. The Morgan fingerprint density at radius 3 is 2.53 bits per heavy atom. The second-order valence-corrected chi connectivity index (χ2v) is 10.9. The fourth-order valence-electron chi connectivity index (χ4n) is 5.78. The van der Waals surface area contributed by atoms with Gasteiger partial charge in [0.15, 0.2) is 16.9 Å². The molecule has 0 radical (unpaired) electrons. The van der Waals surface area contributed by atoms with Crippen molar-refractivity contribution in [3.63, 3.8) is 0 Å². The van der Waals surface area contributed by atoms with Crippen LogP contribution in [0.3, 0.4) is 0 Å². The summed E-state index contributed by atoms with van der Waals surface area (Å²) in [5, 5.41) is 20.7. The van der Waals surface area contributed by atoms with Gasteiger partial charge in [-0.15, -0.1) is 0 Å². The Morgan fingerprint density at radius 1 is 1.25 bits per heavy atom. The van der Waals surface area contributed by atoms with E-state index in [1.165, 1.54) is 18.3 Å². The molecule has 1 aromatic carbocycles. The minimum Gasteiger partial charge on any atom is -0.489 e. The van der Waals surface area contributed by atoms with Crippen LogP contribution in [-0.2, 0) is 6.54 Å². The number of rotatable bonds is 8. The monoisotopic (exact) mass is 499 g/mol. The van der Waals surface area contributed by atoms with Crippen LogP contribution in [0.1, 0.15) is 62.4 Å². The zero-order valence-corrected chi connectivity index (χ0v) is 20.3. The molecule has 1 N–H and O–H groups in total. The van der Waals surface area contributed by atoms with Crippen molar-refractivity contribution in [3.05, 3.63) is 45.7 Å². The molecule has 0 amide bonds. The number of hydrogen-bond donors (Lipinski definition) is 1. The highest BCUT2D eigenvalue weighted by Crippen LogP contribution is 2.73. The van der Waals surface area contributed by atoms with Gasteiger partial charge >= 0.3 is 12.6 Å². The summed E-state index contributed by atoms with van der Waals surface area (Å²) in [6.07, 6.45) is 4.23. The van der Waals surface area contributed by atoms with E-state index in [0.29, 0.717) is 24.4 Å². The molecule has 0 atom stereocenters. The van der Waals surface area contributed by atoms with Crippen LogP contribution in [0.4, 0.5) is 8.78 Å². The van der Waals surface area contributed by atoms with Crippen molar-refractivity contribution in [2.24, 2.45) is 10.8 Å². The number of hydrogen-bond acceptors (Lipinski definition) is 6. The van der Waals surface area contributed by atoms with Gasteiger partial charge in [-0.25, -0.2) is 4.79 Å². The first-order chi connectivity index (χ1) is 16.9. The maximum Gasteiger partial charge on any atom is 0.387 e. The van der Waals surface area contributed by atoms with Crippen molar-refractivity contribution in [1.29, 1.82) is 5.26 Å². The fraction of sp³-hybridized carbons (Fsp3) is 0.500. The third-order valence-electron chi connectivity index (χ3n) is 7.98. The molecule has 1 aliphatic heterocycles. The third kappa shape index (κ3) is 3.69. The van der Waals surface area contributed by atoms with E-state index in [4.69, 9.17) is 9.47 Å². The van der Waals surface area contributed by atoms with Crippen LogP contribution >= 0.6 is 0 Å². The van der Waals surface area contributed by atoms with Gasteiger partial charge in [0.25, 0.3) is 0 Å². The molecule has 2 heterocycles. The van der Waals surface area contributed by atoms with Crippen LogP contribution in [-0.4, -0.2) is 34.5 Å².